The van der Waals surface area contributed by atoms with Crippen LogP contribution in [0.4, 0.5) is 0 Å². The molecule has 8 heteroatoms. The molecule has 0 aliphatic heterocycles. The number of aromatic amines is 1. The van der Waals surface area contributed by atoms with E-state index >= 15 is 0 Å². The van der Waals surface area contributed by atoms with Gasteiger partial charge in [0.2, 0.25) is 5.89 Å². The summed E-state index contributed by atoms with van der Waals surface area (Å²) in [5.74, 6) is 0.132. The van der Waals surface area contributed by atoms with Gasteiger partial charge in [0.25, 0.3) is 5.91 Å². The molecule has 2 N–H and O–H groups in total. The maximum absolute atomic E-state index is 12.4. The predicted molar refractivity (Wildman–Crippen MR) is 111 cm³/mol. The van der Waals surface area contributed by atoms with Gasteiger partial charge in [0.1, 0.15) is 12.8 Å². The quantitative estimate of drug-likeness (QED) is 0.456. The van der Waals surface area contributed by atoms with Crippen LogP contribution in [0.1, 0.15) is 22.1 Å². The van der Waals surface area contributed by atoms with Crippen molar-refractivity contribution in [1.82, 2.24) is 30.0 Å². The van der Waals surface area contributed by atoms with Gasteiger partial charge in [-0.2, -0.15) is 5.10 Å². The van der Waals surface area contributed by atoms with Gasteiger partial charge >= 0.3 is 0 Å². The number of H-pyrrole nitrogens is 1. The van der Waals surface area contributed by atoms with Crippen molar-refractivity contribution in [2.24, 2.45) is 0 Å². The van der Waals surface area contributed by atoms with Crippen molar-refractivity contribution in [3.63, 3.8) is 0 Å². The molecular formula is C22H18N6O2. The van der Waals surface area contributed by atoms with Gasteiger partial charge in [0.15, 0.2) is 5.69 Å². The van der Waals surface area contributed by atoms with Gasteiger partial charge in [-0.05, 0) is 18.2 Å². The molecule has 2 aromatic carbocycles. The number of oxazole rings is 1. The summed E-state index contributed by atoms with van der Waals surface area (Å²) in [6.07, 6.45) is 3.10. The molecule has 1 amide bonds. The number of carbonyl (C=O) groups excluding carboxylic acids is 1. The van der Waals surface area contributed by atoms with Crippen LogP contribution in [0.15, 0.2) is 77.7 Å². The molecule has 5 rings (SSSR count). The van der Waals surface area contributed by atoms with Crippen LogP contribution in [0.5, 0.6) is 0 Å². The van der Waals surface area contributed by atoms with E-state index in [9.17, 15) is 4.79 Å². The van der Waals surface area contributed by atoms with E-state index in [1.807, 2.05) is 65.2 Å². The standard InChI is InChI=1S/C22H18N6O2/c29-22(23-11-16-10-18(27-26-16)15-6-2-1-3-7-15)19-13-30-21(25-19)12-28-14-24-17-8-4-5-9-20(17)28/h1-10,13-14H,11-12H2,(H,23,29)(H,26,27). The van der Waals surface area contributed by atoms with Crippen molar-refractivity contribution < 1.29 is 9.21 Å². The molecule has 0 radical (unpaired) electrons. The third-order valence-electron chi connectivity index (χ3n) is 4.76. The Morgan fingerprint density at radius 1 is 1.10 bits per heavy atom. The Kier molecular flexibility index (Phi) is 4.57. The van der Waals surface area contributed by atoms with Crippen LogP contribution < -0.4 is 5.32 Å². The average molecular weight is 398 g/mol. The molecule has 0 saturated carbocycles. The number of fused-ring (bicyclic) bond motifs is 1. The number of nitrogens with zero attached hydrogens (tertiary/aromatic N) is 4. The van der Waals surface area contributed by atoms with Crippen molar-refractivity contribution in [3.8, 4) is 11.3 Å². The van der Waals surface area contributed by atoms with Gasteiger partial charge in [0.05, 0.1) is 35.3 Å². The van der Waals surface area contributed by atoms with Gasteiger partial charge in [-0.3, -0.25) is 9.89 Å². The molecule has 30 heavy (non-hydrogen) atoms. The molecule has 3 heterocycles. The van der Waals surface area contributed by atoms with E-state index in [1.165, 1.54) is 6.26 Å². The minimum absolute atomic E-state index is 0.234. The van der Waals surface area contributed by atoms with Crippen molar-refractivity contribution >= 4 is 16.9 Å². The van der Waals surface area contributed by atoms with Crippen LogP contribution in [0.3, 0.4) is 0 Å². The SMILES string of the molecule is O=C(NCc1cc(-c2ccccc2)n[nH]1)c1coc(Cn2cnc3ccccc32)n1. The first-order valence-electron chi connectivity index (χ1n) is 9.48. The van der Waals surface area contributed by atoms with E-state index in [0.717, 1.165) is 28.0 Å². The number of hydrogen-bond acceptors (Lipinski definition) is 5. The number of aromatic nitrogens is 5. The summed E-state index contributed by atoms with van der Waals surface area (Å²) in [5, 5.41) is 10.1. The number of carbonyl (C=O) groups is 1. The zero-order valence-electron chi connectivity index (χ0n) is 15.9. The molecule has 0 aliphatic carbocycles. The largest absolute Gasteiger partial charge is 0.446 e. The highest BCUT2D eigenvalue weighted by Crippen LogP contribution is 2.17. The number of para-hydroxylation sites is 2. The van der Waals surface area contributed by atoms with Crippen LogP contribution in [0, 0.1) is 0 Å². The molecule has 8 nitrogen and oxygen atoms in total. The molecule has 148 valence electrons. The van der Waals surface area contributed by atoms with E-state index in [1.54, 1.807) is 6.33 Å². The number of rotatable bonds is 6. The highest BCUT2D eigenvalue weighted by Gasteiger charge is 2.14. The fourth-order valence-corrected chi connectivity index (χ4v) is 3.24. The molecule has 0 saturated heterocycles. The van der Waals surface area contributed by atoms with Gasteiger partial charge in [-0.1, -0.05) is 42.5 Å². The molecule has 0 bridgehead atoms. The van der Waals surface area contributed by atoms with Crippen LogP contribution in [-0.2, 0) is 13.1 Å². The summed E-state index contributed by atoms with van der Waals surface area (Å²) in [6, 6.07) is 19.6. The van der Waals surface area contributed by atoms with Crippen LogP contribution in [0.2, 0.25) is 0 Å². The number of amides is 1. The van der Waals surface area contributed by atoms with E-state index in [-0.39, 0.29) is 11.6 Å². The maximum atomic E-state index is 12.4. The Morgan fingerprint density at radius 3 is 2.83 bits per heavy atom. The lowest BCUT2D eigenvalue weighted by molar-refractivity contribution is 0.0945. The van der Waals surface area contributed by atoms with Crippen molar-refractivity contribution in [1.29, 1.82) is 0 Å². The first-order valence-corrected chi connectivity index (χ1v) is 9.48. The minimum Gasteiger partial charge on any atom is -0.446 e. The highest BCUT2D eigenvalue weighted by molar-refractivity contribution is 5.91. The zero-order valence-corrected chi connectivity index (χ0v) is 15.9. The van der Waals surface area contributed by atoms with Gasteiger partial charge < -0.3 is 14.3 Å². The second kappa shape index (κ2) is 7.67. The second-order valence-electron chi connectivity index (χ2n) is 6.81. The summed E-state index contributed by atoms with van der Waals surface area (Å²) < 4.78 is 7.41. The highest BCUT2D eigenvalue weighted by atomic mass is 16.3. The Balaban J connectivity index is 1.22. The molecule has 0 spiro atoms. The summed E-state index contributed by atoms with van der Waals surface area (Å²) in [4.78, 5) is 21.1. The average Bonchev–Trinajstić information content (AvgIpc) is 3.54. The van der Waals surface area contributed by atoms with E-state index in [0.29, 0.717) is 19.0 Å². The monoisotopic (exact) mass is 398 g/mol. The summed E-state index contributed by atoms with van der Waals surface area (Å²) >= 11 is 0. The molecule has 0 aliphatic rings. The lowest BCUT2D eigenvalue weighted by atomic mass is 10.1. The second-order valence-corrected chi connectivity index (χ2v) is 6.81. The van der Waals surface area contributed by atoms with Gasteiger partial charge in [-0.25, -0.2) is 9.97 Å². The first-order chi connectivity index (χ1) is 14.8. The summed E-state index contributed by atoms with van der Waals surface area (Å²) in [7, 11) is 0. The minimum atomic E-state index is -0.309. The first kappa shape index (κ1) is 17.9. The van der Waals surface area contributed by atoms with Crippen molar-refractivity contribution in [2.45, 2.75) is 13.1 Å². The topological polar surface area (TPSA) is 102 Å². The number of imidazole rings is 1. The lowest BCUT2D eigenvalue weighted by Crippen LogP contribution is -2.23. The number of benzene rings is 2. The van der Waals surface area contributed by atoms with E-state index in [4.69, 9.17) is 4.42 Å². The lowest BCUT2D eigenvalue weighted by Gasteiger charge is -2.00. The van der Waals surface area contributed by atoms with Crippen molar-refractivity contribution in [2.75, 3.05) is 0 Å². The van der Waals surface area contributed by atoms with Gasteiger partial charge in [-0.15, -0.1) is 0 Å². The Labute approximate surface area is 171 Å². The zero-order chi connectivity index (χ0) is 20.3. The van der Waals surface area contributed by atoms with Crippen LogP contribution in [0.25, 0.3) is 22.3 Å². The van der Waals surface area contributed by atoms with Crippen LogP contribution >= 0.6 is 0 Å². The van der Waals surface area contributed by atoms with E-state index < -0.39 is 0 Å². The normalized spacial score (nSPS) is 11.1. The Morgan fingerprint density at radius 2 is 1.93 bits per heavy atom. The third kappa shape index (κ3) is 3.58. The number of hydrogen-bond donors (Lipinski definition) is 2. The van der Waals surface area contributed by atoms with E-state index in [2.05, 4.69) is 25.5 Å². The number of nitrogens with one attached hydrogen (secondary N) is 2. The molecule has 3 aromatic heterocycles. The van der Waals surface area contributed by atoms with Crippen molar-refractivity contribution in [3.05, 3.63) is 90.5 Å². The maximum Gasteiger partial charge on any atom is 0.273 e. The van der Waals surface area contributed by atoms with Gasteiger partial charge in [0, 0.05) is 5.56 Å². The summed E-state index contributed by atoms with van der Waals surface area (Å²) in [6.45, 7) is 0.710. The Hall–Kier alpha value is -4.20. The summed E-state index contributed by atoms with van der Waals surface area (Å²) in [5.41, 5.74) is 4.76. The fourth-order valence-electron chi connectivity index (χ4n) is 3.24. The molecule has 5 aromatic rings. The predicted octanol–water partition coefficient (Wildman–Crippen LogP) is 3.39. The fraction of sp³-hybridized carbons (Fsp3) is 0.0909. The Bertz CT molecular complexity index is 1300. The van der Waals surface area contributed by atoms with Crippen LogP contribution in [-0.4, -0.2) is 30.6 Å². The molecule has 0 atom stereocenters. The molecule has 0 fully saturated rings. The smallest absolute Gasteiger partial charge is 0.273 e. The molecular weight excluding hydrogens is 380 g/mol. The third-order valence-corrected chi connectivity index (χ3v) is 4.76. The molecule has 0 unspecified atom stereocenters.